The summed E-state index contributed by atoms with van der Waals surface area (Å²) >= 11 is 0. The number of carbonyl (C=O) groups is 1. The molecule has 0 saturated heterocycles. The lowest BCUT2D eigenvalue weighted by Crippen LogP contribution is -2.37. The summed E-state index contributed by atoms with van der Waals surface area (Å²) in [6.45, 7) is 0.661. The molecule has 0 radical (unpaired) electrons. The predicted octanol–water partition coefficient (Wildman–Crippen LogP) is 2.45. The van der Waals surface area contributed by atoms with Crippen LogP contribution < -0.4 is 19.5 Å². The first kappa shape index (κ1) is 17.2. The zero-order valence-corrected chi connectivity index (χ0v) is 15.2. The third kappa shape index (κ3) is 3.40. The third-order valence-corrected chi connectivity index (χ3v) is 4.71. The van der Waals surface area contributed by atoms with Crippen LogP contribution in [-0.4, -0.2) is 36.7 Å². The second-order valence-corrected chi connectivity index (χ2v) is 6.44. The molecule has 1 aromatic heterocycles. The molecule has 2 heterocycles. The number of nitrogens with one attached hydrogen (secondary N) is 2. The molecule has 2 N–H and O–H groups in total. The van der Waals surface area contributed by atoms with Gasteiger partial charge in [0.2, 0.25) is 5.91 Å². The van der Waals surface area contributed by atoms with Crippen LogP contribution in [0.3, 0.4) is 0 Å². The number of rotatable bonds is 5. The van der Waals surface area contributed by atoms with Gasteiger partial charge in [0.25, 0.3) is 0 Å². The van der Waals surface area contributed by atoms with E-state index in [2.05, 4.69) is 15.3 Å². The number of ether oxygens (including phenoxy) is 3. The maximum absolute atomic E-state index is 12.6. The molecule has 1 aliphatic rings. The number of imidazole rings is 1. The number of H-pyrrole nitrogens is 1. The second-order valence-electron chi connectivity index (χ2n) is 6.44. The van der Waals surface area contributed by atoms with Crippen LogP contribution in [0.1, 0.15) is 11.4 Å². The van der Waals surface area contributed by atoms with Crippen LogP contribution in [0.4, 0.5) is 0 Å². The number of benzene rings is 2. The molecule has 0 fully saturated rings. The average Bonchev–Trinajstić information content (AvgIpc) is 3.13. The van der Waals surface area contributed by atoms with Gasteiger partial charge in [-0.3, -0.25) is 4.79 Å². The first-order valence-electron chi connectivity index (χ1n) is 8.77. The lowest BCUT2D eigenvalue weighted by molar-refractivity contribution is -0.126. The van der Waals surface area contributed by atoms with Crippen molar-refractivity contribution in [2.24, 2.45) is 5.92 Å². The first-order chi connectivity index (χ1) is 13.2. The van der Waals surface area contributed by atoms with Gasteiger partial charge in [0.15, 0.2) is 11.5 Å². The van der Waals surface area contributed by atoms with Crippen molar-refractivity contribution in [3.63, 3.8) is 0 Å². The van der Waals surface area contributed by atoms with Gasteiger partial charge in [0.1, 0.15) is 18.2 Å². The molecule has 7 nitrogen and oxygen atoms in total. The molecular weight excluding hydrogens is 346 g/mol. The summed E-state index contributed by atoms with van der Waals surface area (Å²) in [6, 6.07) is 11.3. The van der Waals surface area contributed by atoms with Gasteiger partial charge in [-0.1, -0.05) is 12.1 Å². The largest absolute Gasteiger partial charge is 0.497 e. The molecule has 2 aromatic carbocycles. The molecule has 1 unspecified atom stereocenters. The van der Waals surface area contributed by atoms with E-state index in [1.165, 1.54) is 0 Å². The highest BCUT2D eigenvalue weighted by Crippen LogP contribution is 2.36. The van der Waals surface area contributed by atoms with Gasteiger partial charge in [0.05, 0.1) is 37.7 Å². The molecule has 0 saturated carbocycles. The van der Waals surface area contributed by atoms with E-state index in [4.69, 9.17) is 14.2 Å². The van der Waals surface area contributed by atoms with Crippen molar-refractivity contribution in [1.29, 1.82) is 0 Å². The van der Waals surface area contributed by atoms with Gasteiger partial charge in [-0.2, -0.15) is 0 Å². The minimum Gasteiger partial charge on any atom is -0.497 e. The Balaban J connectivity index is 1.41. The quantitative estimate of drug-likeness (QED) is 0.723. The molecule has 1 aliphatic heterocycles. The highest BCUT2D eigenvalue weighted by Gasteiger charge is 2.27. The molecule has 7 heteroatoms. The van der Waals surface area contributed by atoms with Crippen LogP contribution in [-0.2, 0) is 17.8 Å². The number of nitrogens with zero attached hydrogens (tertiary/aromatic N) is 1. The normalized spacial score (nSPS) is 15.7. The fourth-order valence-electron chi connectivity index (χ4n) is 3.29. The summed E-state index contributed by atoms with van der Waals surface area (Å²) in [5.41, 5.74) is 2.69. The number of hydrogen-bond acceptors (Lipinski definition) is 5. The maximum atomic E-state index is 12.6. The van der Waals surface area contributed by atoms with Crippen molar-refractivity contribution in [2.45, 2.75) is 13.0 Å². The molecule has 140 valence electrons. The highest BCUT2D eigenvalue weighted by atomic mass is 16.5. The number of aromatic nitrogens is 2. The van der Waals surface area contributed by atoms with E-state index in [9.17, 15) is 4.79 Å². The molecule has 4 rings (SSSR count). The average molecular weight is 367 g/mol. The Morgan fingerprint density at radius 1 is 1.30 bits per heavy atom. The van der Waals surface area contributed by atoms with Crippen molar-refractivity contribution in [1.82, 2.24) is 15.3 Å². The minimum atomic E-state index is -0.242. The van der Waals surface area contributed by atoms with Crippen LogP contribution in [0.5, 0.6) is 17.2 Å². The van der Waals surface area contributed by atoms with E-state index in [0.29, 0.717) is 31.1 Å². The number of carbonyl (C=O) groups excluding carboxylic acids is 1. The number of hydrogen-bond donors (Lipinski definition) is 2. The zero-order chi connectivity index (χ0) is 18.8. The SMILES string of the molecule is COc1ccc2nc(CNC(=O)C3COc4c(cccc4OC)C3)[nH]c2c1. The topological polar surface area (TPSA) is 85.5 Å². The highest BCUT2D eigenvalue weighted by molar-refractivity contribution is 5.80. The number of para-hydroxylation sites is 1. The van der Waals surface area contributed by atoms with Crippen molar-refractivity contribution in [3.05, 3.63) is 47.8 Å². The van der Waals surface area contributed by atoms with Crippen LogP contribution >= 0.6 is 0 Å². The van der Waals surface area contributed by atoms with E-state index < -0.39 is 0 Å². The summed E-state index contributed by atoms with van der Waals surface area (Å²) in [6.07, 6.45) is 0.621. The lowest BCUT2D eigenvalue weighted by atomic mass is 9.95. The molecule has 0 aliphatic carbocycles. The standard InChI is InChI=1S/C20H21N3O4/c1-25-14-6-7-15-16(9-14)23-18(22-15)10-21-20(24)13-8-12-4-3-5-17(26-2)19(12)27-11-13/h3-7,9,13H,8,10-11H2,1-2H3,(H,21,24)(H,22,23). The summed E-state index contributed by atoms with van der Waals surface area (Å²) in [7, 11) is 3.24. The first-order valence-corrected chi connectivity index (χ1v) is 8.77. The Morgan fingerprint density at radius 3 is 3.00 bits per heavy atom. The van der Waals surface area contributed by atoms with E-state index >= 15 is 0 Å². The van der Waals surface area contributed by atoms with Gasteiger partial charge < -0.3 is 24.5 Å². The van der Waals surface area contributed by atoms with Crippen molar-refractivity contribution in [2.75, 3.05) is 20.8 Å². The Morgan fingerprint density at radius 2 is 2.19 bits per heavy atom. The second kappa shape index (κ2) is 7.19. The van der Waals surface area contributed by atoms with Gasteiger partial charge in [0, 0.05) is 6.07 Å². The minimum absolute atomic E-state index is 0.0542. The van der Waals surface area contributed by atoms with Crippen molar-refractivity contribution in [3.8, 4) is 17.2 Å². The fraction of sp³-hybridized carbons (Fsp3) is 0.300. The van der Waals surface area contributed by atoms with Crippen molar-refractivity contribution < 1.29 is 19.0 Å². The van der Waals surface area contributed by atoms with Gasteiger partial charge >= 0.3 is 0 Å². The van der Waals surface area contributed by atoms with Gasteiger partial charge in [-0.15, -0.1) is 0 Å². The third-order valence-electron chi connectivity index (χ3n) is 4.71. The number of amides is 1. The molecular formula is C20H21N3O4. The Hall–Kier alpha value is -3.22. The monoisotopic (exact) mass is 367 g/mol. The zero-order valence-electron chi connectivity index (χ0n) is 15.2. The summed E-state index contributed by atoms with van der Waals surface area (Å²) in [4.78, 5) is 20.3. The van der Waals surface area contributed by atoms with E-state index in [-0.39, 0.29) is 11.8 Å². The van der Waals surface area contributed by atoms with Crippen LogP contribution in [0.25, 0.3) is 11.0 Å². The van der Waals surface area contributed by atoms with Crippen LogP contribution in [0.2, 0.25) is 0 Å². The van der Waals surface area contributed by atoms with E-state index in [0.717, 1.165) is 28.1 Å². The summed E-state index contributed by atoms with van der Waals surface area (Å²) in [5.74, 6) is 2.59. The molecule has 0 spiro atoms. The summed E-state index contributed by atoms with van der Waals surface area (Å²) < 4.78 is 16.3. The van der Waals surface area contributed by atoms with Crippen LogP contribution in [0.15, 0.2) is 36.4 Å². The van der Waals surface area contributed by atoms with E-state index in [1.807, 2.05) is 36.4 Å². The Kier molecular flexibility index (Phi) is 4.58. The predicted molar refractivity (Wildman–Crippen MR) is 100 cm³/mol. The number of fused-ring (bicyclic) bond motifs is 2. The van der Waals surface area contributed by atoms with Crippen molar-refractivity contribution >= 4 is 16.9 Å². The fourth-order valence-corrected chi connectivity index (χ4v) is 3.29. The molecule has 27 heavy (non-hydrogen) atoms. The molecule has 3 aromatic rings. The molecule has 1 atom stereocenters. The Labute approximate surface area is 156 Å². The van der Waals surface area contributed by atoms with Crippen LogP contribution in [0, 0.1) is 5.92 Å². The number of aromatic amines is 1. The van der Waals surface area contributed by atoms with Gasteiger partial charge in [-0.25, -0.2) is 4.98 Å². The van der Waals surface area contributed by atoms with E-state index in [1.54, 1.807) is 14.2 Å². The molecule has 1 amide bonds. The number of methoxy groups -OCH3 is 2. The maximum Gasteiger partial charge on any atom is 0.227 e. The van der Waals surface area contributed by atoms with Gasteiger partial charge in [-0.05, 0) is 30.2 Å². The summed E-state index contributed by atoms with van der Waals surface area (Å²) in [5, 5.41) is 2.94. The Bertz CT molecular complexity index is 983. The smallest absolute Gasteiger partial charge is 0.227 e. The molecule has 0 bridgehead atoms. The lowest BCUT2D eigenvalue weighted by Gasteiger charge is -2.25.